The Labute approximate surface area is 127 Å². The highest BCUT2D eigenvalue weighted by atomic mass is 16.6. The van der Waals surface area contributed by atoms with Gasteiger partial charge in [-0.05, 0) is 32.6 Å². The molecular formula is C16H28N2O3. The Kier molecular flexibility index (Phi) is 5.88. The highest BCUT2D eigenvalue weighted by Gasteiger charge is 2.33. The van der Waals surface area contributed by atoms with Crippen LogP contribution in [-0.2, 0) is 9.53 Å². The van der Waals surface area contributed by atoms with E-state index in [1.165, 1.54) is 19.3 Å². The van der Waals surface area contributed by atoms with Crippen LogP contribution in [0.4, 0.5) is 4.79 Å². The van der Waals surface area contributed by atoms with Gasteiger partial charge >= 0.3 is 6.09 Å². The quantitative estimate of drug-likeness (QED) is 0.804. The largest absolute Gasteiger partial charge is 0.450 e. The second-order valence-corrected chi connectivity index (χ2v) is 6.23. The SMILES string of the molecule is CCOC(=O)N1CCCC(C(=O)N(C)C2CCCCC2)C1. The van der Waals surface area contributed by atoms with Crippen LogP contribution in [0, 0.1) is 5.92 Å². The fourth-order valence-electron chi connectivity index (χ4n) is 3.50. The van der Waals surface area contributed by atoms with Crippen LogP contribution in [0.1, 0.15) is 51.9 Å². The molecule has 0 aromatic rings. The van der Waals surface area contributed by atoms with Crippen LogP contribution in [0.25, 0.3) is 0 Å². The van der Waals surface area contributed by atoms with E-state index in [4.69, 9.17) is 4.74 Å². The maximum absolute atomic E-state index is 12.7. The molecule has 1 saturated heterocycles. The minimum atomic E-state index is -0.282. The van der Waals surface area contributed by atoms with E-state index in [2.05, 4.69) is 0 Å². The summed E-state index contributed by atoms with van der Waals surface area (Å²) >= 11 is 0. The Balaban J connectivity index is 1.90. The van der Waals surface area contributed by atoms with Gasteiger partial charge in [0.1, 0.15) is 0 Å². The third-order valence-electron chi connectivity index (χ3n) is 4.77. The zero-order chi connectivity index (χ0) is 15.2. The maximum Gasteiger partial charge on any atom is 0.409 e. The third-order valence-corrected chi connectivity index (χ3v) is 4.77. The molecule has 1 saturated carbocycles. The predicted molar refractivity (Wildman–Crippen MR) is 81.0 cm³/mol. The van der Waals surface area contributed by atoms with E-state index >= 15 is 0 Å². The zero-order valence-corrected chi connectivity index (χ0v) is 13.3. The maximum atomic E-state index is 12.7. The number of hydrogen-bond donors (Lipinski definition) is 0. The van der Waals surface area contributed by atoms with E-state index in [0.717, 1.165) is 25.7 Å². The first-order valence-corrected chi connectivity index (χ1v) is 8.31. The first kappa shape index (κ1) is 16.1. The second-order valence-electron chi connectivity index (χ2n) is 6.23. The lowest BCUT2D eigenvalue weighted by atomic mass is 9.91. The molecule has 1 heterocycles. The first-order chi connectivity index (χ1) is 10.1. The van der Waals surface area contributed by atoms with E-state index < -0.39 is 0 Å². The number of carbonyl (C=O) groups is 2. The number of ether oxygens (including phenoxy) is 1. The van der Waals surface area contributed by atoms with Crippen LogP contribution in [-0.4, -0.2) is 54.6 Å². The van der Waals surface area contributed by atoms with Gasteiger partial charge in [0.25, 0.3) is 0 Å². The van der Waals surface area contributed by atoms with Crippen LogP contribution in [0.2, 0.25) is 0 Å². The van der Waals surface area contributed by atoms with Crippen molar-refractivity contribution in [3.63, 3.8) is 0 Å². The Morgan fingerprint density at radius 3 is 2.52 bits per heavy atom. The standard InChI is InChI=1S/C16H28N2O3/c1-3-21-16(20)18-11-7-8-13(12-18)15(19)17(2)14-9-5-4-6-10-14/h13-14H,3-12H2,1-2H3. The summed E-state index contributed by atoms with van der Waals surface area (Å²) in [6, 6.07) is 0.393. The summed E-state index contributed by atoms with van der Waals surface area (Å²) in [5.74, 6) is 0.144. The van der Waals surface area contributed by atoms with Gasteiger partial charge in [0.2, 0.25) is 5.91 Å². The predicted octanol–water partition coefficient (Wildman–Crippen LogP) is 2.65. The van der Waals surface area contributed by atoms with E-state index in [1.54, 1.807) is 11.8 Å². The number of carbonyl (C=O) groups excluding carboxylic acids is 2. The molecule has 5 heteroatoms. The van der Waals surface area contributed by atoms with Gasteiger partial charge in [-0.25, -0.2) is 4.79 Å². The van der Waals surface area contributed by atoms with Gasteiger partial charge < -0.3 is 14.5 Å². The minimum Gasteiger partial charge on any atom is -0.450 e. The highest BCUT2D eigenvalue weighted by molar-refractivity contribution is 5.80. The lowest BCUT2D eigenvalue weighted by Gasteiger charge is -2.37. The number of piperidine rings is 1. The molecule has 120 valence electrons. The minimum absolute atomic E-state index is 0.0601. The topological polar surface area (TPSA) is 49.9 Å². The summed E-state index contributed by atoms with van der Waals surface area (Å²) in [6.45, 7) is 3.40. The molecule has 0 aromatic heterocycles. The Bertz CT molecular complexity index is 367. The lowest BCUT2D eigenvalue weighted by molar-refractivity contribution is -0.138. The van der Waals surface area contributed by atoms with Crippen LogP contribution in [0.3, 0.4) is 0 Å². The fraction of sp³-hybridized carbons (Fsp3) is 0.875. The van der Waals surface area contributed by atoms with Crippen molar-refractivity contribution >= 4 is 12.0 Å². The number of rotatable bonds is 3. The zero-order valence-electron chi connectivity index (χ0n) is 13.3. The molecule has 2 aliphatic rings. The Hall–Kier alpha value is -1.26. The monoisotopic (exact) mass is 296 g/mol. The second kappa shape index (κ2) is 7.66. The molecule has 1 aliphatic heterocycles. The molecule has 1 atom stereocenters. The molecule has 0 radical (unpaired) electrons. The van der Waals surface area contributed by atoms with Crippen molar-refractivity contribution < 1.29 is 14.3 Å². The Morgan fingerprint density at radius 1 is 1.14 bits per heavy atom. The molecule has 0 spiro atoms. The molecule has 2 fully saturated rings. The normalized spacial score (nSPS) is 23.7. The summed E-state index contributed by atoms with van der Waals surface area (Å²) in [7, 11) is 1.93. The van der Waals surface area contributed by atoms with Gasteiger partial charge in [-0.1, -0.05) is 19.3 Å². The molecule has 2 rings (SSSR count). The molecule has 0 N–H and O–H groups in total. The summed E-state index contributed by atoms with van der Waals surface area (Å²) in [6.07, 6.45) is 7.46. The number of nitrogens with zero attached hydrogens (tertiary/aromatic N) is 2. The summed E-state index contributed by atoms with van der Waals surface area (Å²) in [5, 5.41) is 0. The van der Waals surface area contributed by atoms with Gasteiger partial charge in [0.15, 0.2) is 0 Å². The van der Waals surface area contributed by atoms with Crippen LogP contribution < -0.4 is 0 Å². The third kappa shape index (κ3) is 4.11. The van der Waals surface area contributed by atoms with Crippen LogP contribution in [0.5, 0.6) is 0 Å². The van der Waals surface area contributed by atoms with Gasteiger partial charge in [-0.15, -0.1) is 0 Å². The van der Waals surface area contributed by atoms with E-state index in [0.29, 0.717) is 25.7 Å². The average Bonchev–Trinajstić information content (AvgIpc) is 2.54. The molecule has 0 bridgehead atoms. The van der Waals surface area contributed by atoms with E-state index in [-0.39, 0.29) is 17.9 Å². The summed E-state index contributed by atoms with van der Waals surface area (Å²) < 4.78 is 5.05. The van der Waals surface area contributed by atoms with Gasteiger partial charge in [-0.2, -0.15) is 0 Å². The smallest absolute Gasteiger partial charge is 0.409 e. The van der Waals surface area contributed by atoms with Crippen LogP contribution in [0.15, 0.2) is 0 Å². The van der Waals surface area contributed by atoms with Crippen molar-refractivity contribution in [2.24, 2.45) is 5.92 Å². The molecule has 1 aliphatic carbocycles. The van der Waals surface area contributed by atoms with Gasteiger partial charge in [0.05, 0.1) is 12.5 Å². The van der Waals surface area contributed by atoms with Gasteiger partial charge in [-0.3, -0.25) is 4.79 Å². The number of hydrogen-bond acceptors (Lipinski definition) is 3. The molecular weight excluding hydrogens is 268 g/mol. The summed E-state index contributed by atoms with van der Waals surface area (Å²) in [5.41, 5.74) is 0. The van der Waals surface area contributed by atoms with E-state index in [1.807, 2.05) is 11.9 Å². The Morgan fingerprint density at radius 2 is 1.86 bits per heavy atom. The fourth-order valence-corrected chi connectivity index (χ4v) is 3.50. The number of amides is 2. The van der Waals surface area contributed by atoms with Crippen molar-refractivity contribution in [1.82, 2.24) is 9.80 Å². The number of likely N-dealkylation sites (tertiary alicyclic amines) is 1. The lowest BCUT2D eigenvalue weighted by Crippen LogP contribution is -2.48. The average molecular weight is 296 g/mol. The van der Waals surface area contributed by atoms with Crippen molar-refractivity contribution in [1.29, 1.82) is 0 Å². The van der Waals surface area contributed by atoms with Crippen molar-refractivity contribution in [2.45, 2.75) is 57.9 Å². The molecule has 1 unspecified atom stereocenters. The first-order valence-electron chi connectivity index (χ1n) is 8.31. The molecule has 21 heavy (non-hydrogen) atoms. The molecule has 2 amide bonds. The van der Waals surface area contributed by atoms with Crippen molar-refractivity contribution in [3.8, 4) is 0 Å². The van der Waals surface area contributed by atoms with Crippen molar-refractivity contribution in [3.05, 3.63) is 0 Å². The molecule has 0 aromatic carbocycles. The highest BCUT2D eigenvalue weighted by Crippen LogP contribution is 2.25. The summed E-state index contributed by atoms with van der Waals surface area (Å²) in [4.78, 5) is 28.1. The van der Waals surface area contributed by atoms with Crippen molar-refractivity contribution in [2.75, 3.05) is 26.7 Å². The molecule has 5 nitrogen and oxygen atoms in total. The van der Waals surface area contributed by atoms with Gasteiger partial charge in [0, 0.05) is 26.2 Å². The van der Waals surface area contributed by atoms with Crippen LogP contribution >= 0.6 is 0 Å². The van der Waals surface area contributed by atoms with E-state index in [9.17, 15) is 9.59 Å².